The lowest BCUT2D eigenvalue weighted by molar-refractivity contribution is -0.119. The number of benzene rings is 1. The molecular formula is C17H22N4O5S. The Labute approximate surface area is 158 Å². The molecule has 0 fully saturated rings. The van der Waals surface area contributed by atoms with Crippen molar-refractivity contribution in [3.8, 4) is 0 Å². The fourth-order valence-corrected chi connectivity index (χ4v) is 3.16. The average Bonchev–Trinajstić information content (AvgIpc) is 3.08. The first-order valence-electron chi connectivity index (χ1n) is 8.16. The van der Waals surface area contributed by atoms with Gasteiger partial charge >= 0.3 is 5.97 Å². The highest BCUT2D eigenvalue weighted by atomic mass is 32.2. The van der Waals surface area contributed by atoms with E-state index in [2.05, 4.69) is 10.4 Å². The summed E-state index contributed by atoms with van der Waals surface area (Å²) in [5, 5.41) is 6.70. The lowest BCUT2D eigenvalue weighted by Gasteiger charge is -2.13. The Morgan fingerprint density at radius 3 is 2.59 bits per heavy atom. The molecule has 1 aromatic heterocycles. The van der Waals surface area contributed by atoms with Crippen molar-refractivity contribution >= 4 is 27.7 Å². The van der Waals surface area contributed by atoms with Crippen LogP contribution in [0.15, 0.2) is 41.4 Å². The van der Waals surface area contributed by atoms with E-state index < -0.39 is 28.5 Å². The largest absolute Gasteiger partial charge is 0.452 e. The summed E-state index contributed by atoms with van der Waals surface area (Å²) in [6.07, 6.45) is 1.55. The van der Waals surface area contributed by atoms with Crippen LogP contribution in [-0.2, 0) is 19.6 Å². The molecule has 0 saturated heterocycles. The molecule has 2 rings (SSSR count). The second-order valence-corrected chi connectivity index (χ2v) is 8.35. The maximum absolute atomic E-state index is 12.1. The lowest BCUT2D eigenvalue weighted by atomic mass is 10.2. The normalized spacial score (nSPS) is 11.6. The van der Waals surface area contributed by atoms with Gasteiger partial charge in [-0.1, -0.05) is 6.07 Å². The van der Waals surface area contributed by atoms with Crippen molar-refractivity contribution in [3.63, 3.8) is 0 Å². The number of rotatable bonds is 7. The van der Waals surface area contributed by atoms with Crippen molar-refractivity contribution in [1.82, 2.24) is 14.1 Å². The number of carbonyl (C=O) groups is 2. The Kier molecular flexibility index (Phi) is 6.34. The Morgan fingerprint density at radius 1 is 1.26 bits per heavy atom. The van der Waals surface area contributed by atoms with Gasteiger partial charge in [-0.25, -0.2) is 22.2 Å². The van der Waals surface area contributed by atoms with Crippen molar-refractivity contribution in [1.29, 1.82) is 0 Å². The number of sulfonamides is 1. The van der Waals surface area contributed by atoms with Gasteiger partial charge in [-0.15, -0.1) is 0 Å². The molecule has 10 heteroatoms. The second-order valence-electron chi connectivity index (χ2n) is 6.19. The first-order chi connectivity index (χ1) is 12.6. The second kappa shape index (κ2) is 8.31. The van der Waals surface area contributed by atoms with E-state index in [4.69, 9.17) is 4.74 Å². The molecule has 1 amide bonds. The summed E-state index contributed by atoms with van der Waals surface area (Å²) in [5.41, 5.74) is 0.0398. The van der Waals surface area contributed by atoms with Gasteiger partial charge in [-0.3, -0.25) is 4.79 Å². The molecule has 0 atom stereocenters. The zero-order valence-electron chi connectivity index (χ0n) is 15.5. The number of carbonyl (C=O) groups excluding carboxylic acids is 2. The van der Waals surface area contributed by atoms with E-state index in [0.29, 0.717) is 5.82 Å². The summed E-state index contributed by atoms with van der Waals surface area (Å²) in [4.78, 5) is 24.1. The number of ether oxygens (including phenoxy) is 1. The maximum Gasteiger partial charge on any atom is 0.338 e. The predicted octanol–water partition coefficient (Wildman–Crippen LogP) is 1.51. The van der Waals surface area contributed by atoms with E-state index in [-0.39, 0.29) is 16.5 Å². The van der Waals surface area contributed by atoms with Gasteiger partial charge in [-0.05, 0) is 32.0 Å². The minimum absolute atomic E-state index is 0.0350. The van der Waals surface area contributed by atoms with Crippen LogP contribution in [-0.4, -0.2) is 55.1 Å². The number of esters is 1. The van der Waals surface area contributed by atoms with Gasteiger partial charge < -0.3 is 10.1 Å². The fraction of sp³-hybridized carbons (Fsp3) is 0.353. The van der Waals surface area contributed by atoms with Crippen LogP contribution in [0, 0.1) is 0 Å². The summed E-state index contributed by atoms with van der Waals surface area (Å²) >= 11 is 0. The van der Waals surface area contributed by atoms with E-state index in [0.717, 1.165) is 4.31 Å². The monoisotopic (exact) mass is 394 g/mol. The first-order valence-corrected chi connectivity index (χ1v) is 9.60. The summed E-state index contributed by atoms with van der Waals surface area (Å²) in [7, 11) is -0.884. The molecule has 27 heavy (non-hydrogen) atoms. The number of amides is 1. The Morgan fingerprint density at radius 2 is 1.96 bits per heavy atom. The van der Waals surface area contributed by atoms with Crippen LogP contribution in [0.3, 0.4) is 0 Å². The van der Waals surface area contributed by atoms with Crippen molar-refractivity contribution in [3.05, 3.63) is 42.1 Å². The molecule has 1 N–H and O–H groups in total. The lowest BCUT2D eigenvalue weighted by Crippen LogP contribution is -2.24. The number of hydrogen-bond donors (Lipinski definition) is 1. The number of nitrogens with zero attached hydrogens (tertiary/aromatic N) is 3. The maximum atomic E-state index is 12.1. The molecule has 0 radical (unpaired) electrons. The Balaban J connectivity index is 2.02. The van der Waals surface area contributed by atoms with Gasteiger partial charge in [0.1, 0.15) is 5.82 Å². The molecule has 1 aromatic carbocycles. The molecule has 2 aromatic rings. The predicted molar refractivity (Wildman–Crippen MR) is 98.8 cm³/mol. The Hall–Kier alpha value is -2.72. The molecule has 9 nitrogen and oxygen atoms in total. The smallest absolute Gasteiger partial charge is 0.338 e. The van der Waals surface area contributed by atoms with Crippen LogP contribution < -0.4 is 5.32 Å². The highest BCUT2D eigenvalue weighted by Crippen LogP contribution is 2.16. The molecule has 0 aliphatic carbocycles. The van der Waals surface area contributed by atoms with E-state index in [1.807, 2.05) is 13.8 Å². The van der Waals surface area contributed by atoms with Crippen molar-refractivity contribution in [2.24, 2.45) is 0 Å². The van der Waals surface area contributed by atoms with Gasteiger partial charge in [0.2, 0.25) is 10.0 Å². The number of anilines is 1. The highest BCUT2D eigenvalue weighted by molar-refractivity contribution is 7.89. The summed E-state index contributed by atoms with van der Waals surface area (Å²) in [6.45, 7) is 3.32. The molecule has 146 valence electrons. The van der Waals surface area contributed by atoms with Gasteiger partial charge in [0.25, 0.3) is 5.91 Å². The minimum Gasteiger partial charge on any atom is -0.452 e. The van der Waals surface area contributed by atoms with E-state index in [9.17, 15) is 18.0 Å². The van der Waals surface area contributed by atoms with Gasteiger partial charge in [0.15, 0.2) is 6.61 Å². The molecule has 0 saturated carbocycles. The highest BCUT2D eigenvalue weighted by Gasteiger charge is 2.19. The third kappa shape index (κ3) is 4.92. The van der Waals surface area contributed by atoms with E-state index in [1.54, 1.807) is 16.9 Å². The summed E-state index contributed by atoms with van der Waals surface area (Å²) in [5.74, 6) is -0.828. The van der Waals surface area contributed by atoms with Crippen LogP contribution in [0.5, 0.6) is 0 Å². The molecule has 0 aliphatic rings. The molecule has 0 aliphatic heterocycles. The molecule has 0 spiro atoms. The van der Waals surface area contributed by atoms with Crippen molar-refractivity contribution in [2.45, 2.75) is 24.8 Å². The zero-order chi connectivity index (χ0) is 20.2. The summed E-state index contributed by atoms with van der Waals surface area (Å²) < 4.78 is 31.9. The van der Waals surface area contributed by atoms with Crippen LogP contribution >= 0.6 is 0 Å². The number of hydrogen-bond acceptors (Lipinski definition) is 6. The van der Waals surface area contributed by atoms with Crippen LogP contribution in [0.2, 0.25) is 0 Å². The van der Waals surface area contributed by atoms with Crippen LogP contribution in [0.25, 0.3) is 0 Å². The number of aromatic nitrogens is 2. The average molecular weight is 394 g/mol. The molecule has 0 bridgehead atoms. The quantitative estimate of drug-likeness (QED) is 0.713. The fourth-order valence-electron chi connectivity index (χ4n) is 2.21. The van der Waals surface area contributed by atoms with E-state index in [1.165, 1.54) is 38.4 Å². The van der Waals surface area contributed by atoms with Gasteiger partial charge in [0, 0.05) is 26.2 Å². The molecule has 1 heterocycles. The van der Waals surface area contributed by atoms with Crippen molar-refractivity contribution in [2.75, 3.05) is 26.0 Å². The zero-order valence-corrected chi connectivity index (χ0v) is 16.4. The van der Waals surface area contributed by atoms with Gasteiger partial charge in [-0.2, -0.15) is 5.10 Å². The number of nitrogens with one attached hydrogen (secondary N) is 1. The van der Waals surface area contributed by atoms with Crippen molar-refractivity contribution < 1.29 is 22.7 Å². The van der Waals surface area contributed by atoms with Crippen LogP contribution in [0.4, 0.5) is 5.82 Å². The SMILES string of the molecule is CC(C)n1nccc1NC(=O)COC(=O)c1cccc(S(=O)(=O)N(C)C)c1. The molecule has 0 unspecified atom stereocenters. The van der Waals surface area contributed by atoms with Gasteiger partial charge in [0.05, 0.1) is 16.7 Å². The third-order valence-electron chi connectivity index (χ3n) is 3.61. The molecular weight excluding hydrogens is 372 g/mol. The minimum atomic E-state index is -3.67. The summed E-state index contributed by atoms with van der Waals surface area (Å²) in [6, 6.07) is 7.14. The third-order valence-corrected chi connectivity index (χ3v) is 5.42. The standard InChI is InChI=1S/C17H22N4O5S/c1-12(2)21-15(8-9-18-21)19-16(22)11-26-17(23)13-6-5-7-14(10-13)27(24,25)20(3)4/h5-10,12H,11H2,1-4H3,(H,19,22). The topological polar surface area (TPSA) is 111 Å². The first kappa shape index (κ1) is 20.6. The van der Waals surface area contributed by atoms with E-state index >= 15 is 0 Å². The Bertz CT molecular complexity index is 934. The van der Waals surface area contributed by atoms with Crippen LogP contribution in [0.1, 0.15) is 30.2 Å².